The lowest BCUT2D eigenvalue weighted by atomic mass is 9.64. The molecule has 2 heteroatoms. The van der Waals surface area contributed by atoms with Crippen LogP contribution in [0.3, 0.4) is 0 Å². The van der Waals surface area contributed by atoms with Gasteiger partial charge in [-0.25, -0.2) is 4.39 Å². The van der Waals surface area contributed by atoms with E-state index in [1.165, 1.54) is 31.2 Å². The maximum atomic E-state index is 13.4. The number of rotatable bonds is 5. The van der Waals surface area contributed by atoms with Crippen molar-refractivity contribution in [3.63, 3.8) is 0 Å². The van der Waals surface area contributed by atoms with Crippen LogP contribution in [-0.4, -0.2) is 13.1 Å². The highest BCUT2D eigenvalue weighted by molar-refractivity contribution is 5.31. The highest BCUT2D eigenvalue weighted by Gasteiger charge is 2.35. The van der Waals surface area contributed by atoms with Gasteiger partial charge >= 0.3 is 0 Å². The summed E-state index contributed by atoms with van der Waals surface area (Å²) in [6, 6.07) is 5.33. The monoisotopic (exact) mass is 291 g/mol. The first kappa shape index (κ1) is 16.5. The fraction of sp³-hybridized carbons (Fsp3) is 0.684. The number of hydrogen-bond acceptors (Lipinski definition) is 1. The van der Waals surface area contributed by atoms with Crippen LogP contribution < -0.4 is 5.32 Å². The first-order chi connectivity index (χ1) is 9.93. The minimum Gasteiger partial charge on any atom is -0.316 e. The molecule has 0 aromatic heterocycles. The highest BCUT2D eigenvalue weighted by atomic mass is 19.1. The van der Waals surface area contributed by atoms with E-state index in [2.05, 4.69) is 33.0 Å². The standard InChI is InChI=1S/C19H30FN/c1-5-10-21-13-15-8-9-19(3,4)12-18(15)17-7-6-16(20)11-14(17)2/h6-7,11,15,18,21H,5,8-10,12-13H2,1-4H3. The highest BCUT2D eigenvalue weighted by Crippen LogP contribution is 2.47. The van der Waals surface area contributed by atoms with Gasteiger partial charge in [0, 0.05) is 0 Å². The Kier molecular flexibility index (Phi) is 5.43. The Morgan fingerprint density at radius 1 is 1.33 bits per heavy atom. The van der Waals surface area contributed by atoms with E-state index < -0.39 is 0 Å². The lowest BCUT2D eigenvalue weighted by molar-refractivity contribution is 0.159. The van der Waals surface area contributed by atoms with Gasteiger partial charge < -0.3 is 5.32 Å². The second-order valence-corrected chi connectivity index (χ2v) is 7.48. The normalized spacial score (nSPS) is 25.0. The van der Waals surface area contributed by atoms with Crippen molar-refractivity contribution in [3.05, 3.63) is 35.1 Å². The lowest BCUT2D eigenvalue weighted by Gasteiger charge is -2.42. The zero-order valence-electron chi connectivity index (χ0n) is 14.0. The Bertz CT molecular complexity index is 467. The molecule has 0 radical (unpaired) electrons. The van der Waals surface area contributed by atoms with Crippen LogP contribution in [0.1, 0.15) is 63.5 Å². The minimum absolute atomic E-state index is 0.119. The van der Waals surface area contributed by atoms with Crippen LogP contribution in [-0.2, 0) is 0 Å². The third kappa shape index (κ3) is 4.29. The molecule has 1 saturated carbocycles. The van der Waals surface area contributed by atoms with E-state index in [1.807, 2.05) is 6.07 Å². The second kappa shape index (κ2) is 6.91. The summed E-state index contributed by atoms with van der Waals surface area (Å²) in [5.74, 6) is 1.11. The topological polar surface area (TPSA) is 12.0 Å². The van der Waals surface area contributed by atoms with Gasteiger partial charge in [0.2, 0.25) is 0 Å². The molecule has 0 aliphatic heterocycles. The maximum Gasteiger partial charge on any atom is 0.123 e. The lowest BCUT2D eigenvalue weighted by Crippen LogP contribution is -2.35. The van der Waals surface area contributed by atoms with Crippen molar-refractivity contribution in [1.82, 2.24) is 5.32 Å². The van der Waals surface area contributed by atoms with Crippen LogP contribution in [0.2, 0.25) is 0 Å². The van der Waals surface area contributed by atoms with Crippen molar-refractivity contribution < 1.29 is 4.39 Å². The molecule has 1 nitrogen and oxygen atoms in total. The van der Waals surface area contributed by atoms with Gasteiger partial charge in [0.05, 0.1) is 0 Å². The van der Waals surface area contributed by atoms with Crippen LogP contribution in [0.4, 0.5) is 4.39 Å². The predicted molar refractivity (Wildman–Crippen MR) is 88.2 cm³/mol. The first-order valence-corrected chi connectivity index (χ1v) is 8.40. The summed E-state index contributed by atoms with van der Waals surface area (Å²) in [6.07, 6.45) is 4.95. The molecule has 21 heavy (non-hydrogen) atoms. The SMILES string of the molecule is CCCNCC1CCC(C)(C)CC1c1ccc(F)cc1C. The molecule has 1 aliphatic rings. The number of benzene rings is 1. The fourth-order valence-electron chi connectivity index (χ4n) is 3.77. The van der Waals surface area contributed by atoms with Crippen LogP contribution in [0.15, 0.2) is 18.2 Å². The number of nitrogens with one attached hydrogen (secondary N) is 1. The molecule has 1 aliphatic carbocycles. The van der Waals surface area contributed by atoms with Crippen molar-refractivity contribution in [3.8, 4) is 0 Å². The van der Waals surface area contributed by atoms with Gasteiger partial charge in [-0.2, -0.15) is 0 Å². The molecule has 1 fully saturated rings. The van der Waals surface area contributed by atoms with E-state index >= 15 is 0 Å². The first-order valence-electron chi connectivity index (χ1n) is 8.40. The smallest absolute Gasteiger partial charge is 0.123 e. The average molecular weight is 291 g/mol. The van der Waals surface area contributed by atoms with Crippen LogP contribution in [0.25, 0.3) is 0 Å². The summed E-state index contributed by atoms with van der Waals surface area (Å²) in [5.41, 5.74) is 2.86. The number of aryl methyl sites for hydroxylation is 1. The molecule has 118 valence electrons. The molecule has 2 rings (SSSR count). The van der Waals surface area contributed by atoms with Gasteiger partial charge in [0.25, 0.3) is 0 Å². The summed E-state index contributed by atoms with van der Waals surface area (Å²) >= 11 is 0. The average Bonchev–Trinajstić information content (AvgIpc) is 2.40. The zero-order valence-corrected chi connectivity index (χ0v) is 14.0. The van der Waals surface area contributed by atoms with E-state index in [4.69, 9.17) is 0 Å². The van der Waals surface area contributed by atoms with Gasteiger partial charge in [0.1, 0.15) is 5.82 Å². The molecule has 2 unspecified atom stereocenters. The van der Waals surface area contributed by atoms with Crippen molar-refractivity contribution in [2.24, 2.45) is 11.3 Å². The summed E-state index contributed by atoms with van der Waals surface area (Å²) in [5, 5.41) is 3.59. The number of halogens is 1. The fourth-order valence-corrected chi connectivity index (χ4v) is 3.77. The molecule has 2 atom stereocenters. The molecule has 0 heterocycles. The van der Waals surface area contributed by atoms with E-state index in [1.54, 1.807) is 12.1 Å². The third-order valence-corrected chi connectivity index (χ3v) is 5.00. The van der Waals surface area contributed by atoms with E-state index in [9.17, 15) is 4.39 Å². The van der Waals surface area contributed by atoms with E-state index in [0.29, 0.717) is 17.3 Å². The molecule has 0 saturated heterocycles. The molecule has 0 bridgehead atoms. The molecular formula is C19H30FN. The minimum atomic E-state index is -0.119. The van der Waals surface area contributed by atoms with E-state index in [-0.39, 0.29) is 5.82 Å². The van der Waals surface area contributed by atoms with Gasteiger partial charge in [-0.3, -0.25) is 0 Å². The Morgan fingerprint density at radius 2 is 2.10 bits per heavy atom. The van der Waals surface area contributed by atoms with Crippen molar-refractivity contribution >= 4 is 0 Å². The van der Waals surface area contributed by atoms with Gasteiger partial charge in [-0.15, -0.1) is 0 Å². The van der Waals surface area contributed by atoms with Crippen molar-refractivity contribution in [2.75, 3.05) is 13.1 Å². The second-order valence-electron chi connectivity index (χ2n) is 7.48. The molecule has 0 spiro atoms. The zero-order chi connectivity index (χ0) is 15.5. The van der Waals surface area contributed by atoms with Crippen molar-refractivity contribution in [1.29, 1.82) is 0 Å². The largest absolute Gasteiger partial charge is 0.316 e. The Balaban J connectivity index is 2.20. The quantitative estimate of drug-likeness (QED) is 0.749. The maximum absolute atomic E-state index is 13.4. The molecule has 1 aromatic rings. The Hall–Kier alpha value is -0.890. The van der Waals surface area contributed by atoms with Gasteiger partial charge in [0.15, 0.2) is 0 Å². The Morgan fingerprint density at radius 3 is 2.76 bits per heavy atom. The molecule has 0 amide bonds. The van der Waals surface area contributed by atoms with Crippen molar-refractivity contribution in [2.45, 2.75) is 59.3 Å². The third-order valence-electron chi connectivity index (χ3n) is 5.00. The summed E-state index contributed by atoms with van der Waals surface area (Å²) < 4.78 is 13.4. The number of hydrogen-bond donors (Lipinski definition) is 1. The van der Waals surface area contributed by atoms with Crippen LogP contribution in [0.5, 0.6) is 0 Å². The molecular weight excluding hydrogens is 261 g/mol. The summed E-state index contributed by atoms with van der Waals surface area (Å²) in [7, 11) is 0. The Labute approximate surface area is 129 Å². The molecule has 1 N–H and O–H groups in total. The van der Waals surface area contributed by atoms with Crippen LogP contribution >= 0.6 is 0 Å². The summed E-state index contributed by atoms with van der Waals surface area (Å²) in [6.45, 7) is 11.2. The summed E-state index contributed by atoms with van der Waals surface area (Å²) in [4.78, 5) is 0. The van der Waals surface area contributed by atoms with Gasteiger partial charge in [-0.1, -0.05) is 26.8 Å². The van der Waals surface area contributed by atoms with Crippen LogP contribution in [0, 0.1) is 24.1 Å². The van der Waals surface area contributed by atoms with E-state index in [0.717, 1.165) is 18.7 Å². The molecule has 1 aromatic carbocycles. The van der Waals surface area contributed by atoms with Gasteiger partial charge in [-0.05, 0) is 86.2 Å². The predicted octanol–water partition coefficient (Wildman–Crippen LogP) is 5.04.